The number of hydrogen-bond acceptors (Lipinski definition) is 5. The summed E-state index contributed by atoms with van der Waals surface area (Å²) in [5, 5.41) is 0.876. The third-order valence-corrected chi connectivity index (χ3v) is 2.65. The summed E-state index contributed by atoms with van der Waals surface area (Å²) in [7, 11) is 0. The van der Waals surface area contributed by atoms with Crippen LogP contribution in [-0.2, 0) is 0 Å². The summed E-state index contributed by atoms with van der Waals surface area (Å²) in [5.41, 5.74) is 3.32. The van der Waals surface area contributed by atoms with E-state index in [4.69, 9.17) is 4.42 Å². The van der Waals surface area contributed by atoms with Gasteiger partial charge < -0.3 is 4.42 Å². The largest absolute Gasteiger partial charge is 0.436 e. The van der Waals surface area contributed by atoms with Crippen LogP contribution >= 0.6 is 0 Å². The van der Waals surface area contributed by atoms with Crippen molar-refractivity contribution in [1.29, 1.82) is 0 Å². The Morgan fingerprint density at radius 3 is 3.06 bits per heavy atom. The Kier molecular flexibility index (Phi) is 1.50. The summed E-state index contributed by atoms with van der Waals surface area (Å²) in [5.74, 6) is 0. The quantitative estimate of drug-likeness (QED) is 0.456. The topological polar surface area (TPSA) is 64.7 Å². The second-order valence-electron chi connectivity index (χ2n) is 3.70. The number of hydrogen-bond donors (Lipinski definition) is 0. The molecular weight excluding hydrogens is 216 g/mol. The molecule has 4 aromatic rings. The summed E-state index contributed by atoms with van der Waals surface area (Å²) >= 11 is 0. The Hall–Kier alpha value is -2.56. The summed E-state index contributed by atoms with van der Waals surface area (Å²) in [6.45, 7) is 0. The first-order chi connectivity index (χ1) is 8.42. The predicted molar refractivity (Wildman–Crippen MR) is 62.4 cm³/mol. The summed E-state index contributed by atoms with van der Waals surface area (Å²) in [6.07, 6.45) is 5.10. The molecule has 4 rings (SSSR count). The van der Waals surface area contributed by atoms with Crippen molar-refractivity contribution >= 4 is 33.4 Å². The van der Waals surface area contributed by atoms with Crippen molar-refractivity contribution in [3.63, 3.8) is 0 Å². The molecule has 0 aliphatic carbocycles. The first-order valence-corrected chi connectivity index (χ1v) is 5.17. The van der Waals surface area contributed by atoms with Crippen LogP contribution in [0.15, 0.2) is 41.2 Å². The van der Waals surface area contributed by atoms with E-state index < -0.39 is 0 Å². The van der Waals surface area contributed by atoms with Crippen molar-refractivity contribution in [3.8, 4) is 0 Å². The summed E-state index contributed by atoms with van der Waals surface area (Å²) < 4.78 is 5.61. The minimum Gasteiger partial charge on any atom is -0.436 e. The molecule has 0 saturated carbocycles. The Morgan fingerprint density at radius 2 is 2.06 bits per heavy atom. The molecule has 0 spiro atoms. The molecule has 0 unspecified atom stereocenters. The molecule has 4 heterocycles. The van der Waals surface area contributed by atoms with Gasteiger partial charge in [-0.15, -0.1) is 0 Å². The molecule has 0 amide bonds. The molecule has 80 valence electrons. The number of furan rings is 1. The van der Waals surface area contributed by atoms with Crippen molar-refractivity contribution in [1.82, 2.24) is 19.9 Å². The maximum atomic E-state index is 5.61. The number of nitrogens with zero attached hydrogens (tertiary/aromatic N) is 4. The van der Waals surface area contributed by atoms with Crippen molar-refractivity contribution < 1.29 is 4.42 Å². The van der Waals surface area contributed by atoms with E-state index in [0.29, 0.717) is 11.4 Å². The van der Waals surface area contributed by atoms with Crippen molar-refractivity contribution in [2.75, 3.05) is 0 Å². The molecule has 4 aromatic heterocycles. The van der Waals surface area contributed by atoms with Gasteiger partial charge in [0.2, 0.25) is 5.71 Å². The van der Waals surface area contributed by atoms with Crippen LogP contribution in [0.2, 0.25) is 0 Å². The van der Waals surface area contributed by atoms with E-state index in [1.54, 1.807) is 24.7 Å². The number of rotatable bonds is 0. The van der Waals surface area contributed by atoms with Gasteiger partial charge in [-0.05, 0) is 18.2 Å². The smallest absolute Gasteiger partial charge is 0.248 e. The average molecular weight is 222 g/mol. The van der Waals surface area contributed by atoms with E-state index in [1.807, 2.05) is 12.1 Å². The Bertz CT molecular complexity index is 847. The monoisotopic (exact) mass is 222 g/mol. The zero-order chi connectivity index (χ0) is 11.2. The average Bonchev–Trinajstić information content (AvgIpc) is 2.73. The predicted octanol–water partition coefficient (Wildman–Crippen LogP) is 2.32. The van der Waals surface area contributed by atoms with Crippen LogP contribution in [0, 0.1) is 0 Å². The van der Waals surface area contributed by atoms with Crippen molar-refractivity contribution in [3.05, 3.63) is 36.8 Å². The number of aromatic nitrogens is 4. The van der Waals surface area contributed by atoms with Crippen LogP contribution in [0.5, 0.6) is 0 Å². The summed E-state index contributed by atoms with van der Waals surface area (Å²) in [6, 6.07) is 5.52. The van der Waals surface area contributed by atoms with Gasteiger partial charge in [0.05, 0.1) is 5.39 Å². The maximum absolute atomic E-state index is 5.61. The molecule has 0 aliphatic rings. The molecule has 5 heteroatoms. The first-order valence-electron chi connectivity index (χ1n) is 5.17. The first kappa shape index (κ1) is 8.58. The van der Waals surface area contributed by atoms with Gasteiger partial charge in [0, 0.05) is 18.6 Å². The molecule has 0 aliphatic heterocycles. The standard InChI is InChI=1S/C12H6N4O/c1-2-8-11(14-4-1)16-12-10(15-8)7-6-13-5-3-9(7)17-12/h1-6H. The molecule has 0 N–H and O–H groups in total. The highest BCUT2D eigenvalue weighted by molar-refractivity contribution is 6.02. The van der Waals surface area contributed by atoms with Crippen LogP contribution in [0.4, 0.5) is 0 Å². The minimum atomic E-state index is 0.499. The van der Waals surface area contributed by atoms with Gasteiger partial charge >= 0.3 is 0 Å². The summed E-state index contributed by atoms with van der Waals surface area (Å²) in [4.78, 5) is 17.1. The lowest BCUT2D eigenvalue weighted by Crippen LogP contribution is -1.86. The van der Waals surface area contributed by atoms with Crippen LogP contribution < -0.4 is 0 Å². The van der Waals surface area contributed by atoms with E-state index in [2.05, 4.69) is 19.9 Å². The Labute approximate surface area is 95.1 Å². The zero-order valence-corrected chi connectivity index (χ0v) is 8.66. The molecule has 0 fully saturated rings. The minimum absolute atomic E-state index is 0.499. The van der Waals surface area contributed by atoms with Crippen molar-refractivity contribution in [2.24, 2.45) is 0 Å². The van der Waals surface area contributed by atoms with Gasteiger partial charge in [0.1, 0.15) is 16.6 Å². The van der Waals surface area contributed by atoms with E-state index in [1.165, 1.54) is 0 Å². The van der Waals surface area contributed by atoms with Gasteiger partial charge in [-0.3, -0.25) is 4.98 Å². The highest BCUT2D eigenvalue weighted by Crippen LogP contribution is 2.25. The van der Waals surface area contributed by atoms with E-state index >= 15 is 0 Å². The maximum Gasteiger partial charge on any atom is 0.248 e. The highest BCUT2D eigenvalue weighted by atomic mass is 16.3. The lowest BCUT2D eigenvalue weighted by molar-refractivity contribution is 0.654. The molecule has 0 aromatic carbocycles. The molecule has 0 saturated heterocycles. The Balaban J connectivity index is 2.28. The lowest BCUT2D eigenvalue weighted by Gasteiger charge is -1.93. The highest BCUT2D eigenvalue weighted by Gasteiger charge is 2.10. The van der Waals surface area contributed by atoms with E-state index in [9.17, 15) is 0 Å². The fourth-order valence-corrected chi connectivity index (χ4v) is 1.88. The van der Waals surface area contributed by atoms with E-state index in [-0.39, 0.29) is 0 Å². The van der Waals surface area contributed by atoms with Gasteiger partial charge in [0.25, 0.3) is 0 Å². The van der Waals surface area contributed by atoms with Gasteiger partial charge in [-0.2, -0.15) is 4.98 Å². The van der Waals surface area contributed by atoms with Crippen LogP contribution in [0.3, 0.4) is 0 Å². The molecule has 0 radical (unpaired) electrons. The molecular formula is C12H6N4O. The second-order valence-corrected chi connectivity index (χ2v) is 3.70. The molecule has 0 bridgehead atoms. The van der Waals surface area contributed by atoms with Gasteiger partial charge in [-0.25, -0.2) is 9.97 Å². The normalized spacial score (nSPS) is 11.5. The number of fused-ring (bicyclic) bond motifs is 4. The van der Waals surface area contributed by atoms with E-state index in [0.717, 1.165) is 22.0 Å². The Morgan fingerprint density at radius 1 is 1.06 bits per heavy atom. The molecule has 5 nitrogen and oxygen atoms in total. The number of pyridine rings is 2. The molecule has 0 atom stereocenters. The van der Waals surface area contributed by atoms with Gasteiger partial charge in [-0.1, -0.05) is 0 Å². The fourth-order valence-electron chi connectivity index (χ4n) is 1.88. The van der Waals surface area contributed by atoms with Crippen LogP contribution in [0.25, 0.3) is 33.4 Å². The van der Waals surface area contributed by atoms with Crippen LogP contribution in [0.1, 0.15) is 0 Å². The molecule has 17 heavy (non-hydrogen) atoms. The lowest BCUT2D eigenvalue weighted by atomic mass is 10.3. The van der Waals surface area contributed by atoms with Gasteiger partial charge in [0.15, 0.2) is 5.65 Å². The third-order valence-electron chi connectivity index (χ3n) is 2.65. The SMILES string of the molecule is c1cnc2nc3oc4ccncc4c3nc2c1. The van der Waals surface area contributed by atoms with Crippen molar-refractivity contribution in [2.45, 2.75) is 0 Å². The van der Waals surface area contributed by atoms with Crippen LogP contribution in [-0.4, -0.2) is 19.9 Å². The second kappa shape index (κ2) is 2.98. The zero-order valence-electron chi connectivity index (χ0n) is 8.66. The third kappa shape index (κ3) is 1.13. The fraction of sp³-hybridized carbons (Fsp3) is 0.